The molecule has 0 radical (unpaired) electrons. The second-order valence-corrected chi connectivity index (χ2v) is 3.39. The van der Waals surface area contributed by atoms with Crippen LogP contribution in [0.5, 0.6) is 0 Å². The summed E-state index contributed by atoms with van der Waals surface area (Å²) >= 11 is 0. The zero-order valence-corrected chi connectivity index (χ0v) is 7.71. The number of carbonyl (C=O) groups is 1. The van der Waals surface area contributed by atoms with E-state index in [2.05, 4.69) is 0 Å². The molecule has 0 spiro atoms. The maximum Gasteiger partial charge on any atom is 0.151 e. The van der Waals surface area contributed by atoms with Crippen LogP contribution in [0, 0.1) is 0 Å². The molecule has 1 aliphatic rings. The lowest BCUT2D eigenvalue weighted by atomic mass is 9.95. The topological polar surface area (TPSA) is 35.5 Å². The summed E-state index contributed by atoms with van der Waals surface area (Å²) in [6, 6.07) is 0. The van der Waals surface area contributed by atoms with Crippen LogP contribution < -0.4 is 0 Å². The SMILES string of the molecule is COC(C)CC1(C=O)CCCO1. The van der Waals surface area contributed by atoms with E-state index in [-0.39, 0.29) is 6.10 Å². The first-order valence-electron chi connectivity index (χ1n) is 4.35. The number of aldehydes is 1. The number of ether oxygens (including phenoxy) is 2. The van der Waals surface area contributed by atoms with Crippen LogP contribution in [-0.4, -0.2) is 31.7 Å². The van der Waals surface area contributed by atoms with Crippen molar-refractivity contribution in [2.45, 2.75) is 37.9 Å². The molecule has 1 fully saturated rings. The minimum absolute atomic E-state index is 0.0910. The van der Waals surface area contributed by atoms with Crippen molar-refractivity contribution in [1.29, 1.82) is 0 Å². The zero-order chi connectivity index (χ0) is 9.03. The van der Waals surface area contributed by atoms with E-state index >= 15 is 0 Å². The highest BCUT2D eigenvalue weighted by atomic mass is 16.5. The molecule has 70 valence electrons. The molecule has 1 aliphatic heterocycles. The van der Waals surface area contributed by atoms with Crippen LogP contribution in [-0.2, 0) is 14.3 Å². The molecule has 3 nitrogen and oxygen atoms in total. The Morgan fingerprint density at radius 1 is 1.75 bits per heavy atom. The summed E-state index contributed by atoms with van der Waals surface area (Å²) in [5, 5.41) is 0. The fourth-order valence-corrected chi connectivity index (χ4v) is 1.59. The largest absolute Gasteiger partial charge is 0.382 e. The summed E-state index contributed by atoms with van der Waals surface area (Å²) in [6.45, 7) is 2.65. The van der Waals surface area contributed by atoms with Gasteiger partial charge in [0.25, 0.3) is 0 Å². The highest BCUT2D eigenvalue weighted by Gasteiger charge is 2.36. The molecule has 2 unspecified atom stereocenters. The predicted octanol–water partition coefficient (Wildman–Crippen LogP) is 1.16. The fraction of sp³-hybridized carbons (Fsp3) is 0.889. The molecular weight excluding hydrogens is 156 g/mol. The lowest BCUT2D eigenvalue weighted by Crippen LogP contribution is -2.34. The van der Waals surface area contributed by atoms with E-state index in [1.54, 1.807) is 7.11 Å². The van der Waals surface area contributed by atoms with Crippen molar-refractivity contribution in [2.75, 3.05) is 13.7 Å². The molecule has 1 heterocycles. The van der Waals surface area contributed by atoms with Gasteiger partial charge in [-0.05, 0) is 19.8 Å². The van der Waals surface area contributed by atoms with Gasteiger partial charge in [-0.15, -0.1) is 0 Å². The predicted molar refractivity (Wildman–Crippen MR) is 45.1 cm³/mol. The molecule has 0 aromatic rings. The van der Waals surface area contributed by atoms with E-state index in [1.165, 1.54) is 0 Å². The van der Waals surface area contributed by atoms with E-state index in [0.717, 1.165) is 19.1 Å². The Morgan fingerprint density at radius 2 is 2.50 bits per heavy atom. The van der Waals surface area contributed by atoms with Crippen molar-refractivity contribution >= 4 is 6.29 Å². The zero-order valence-electron chi connectivity index (χ0n) is 7.71. The number of methoxy groups -OCH3 is 1. The van der Waals surface area contributed by atoms with E-state index in [0.29, 0.717) is 13.0 Å². The lowest BCUT2D eigenvalue weighted by Gasteiger charge is -2.24. The number of hydrogen-bond donors (Lipinski definition) is 0. The Kier molecular flexibility index (Phi) is 3.23. The van der Waals surface area contributed by atoms with Gasteiger partial charge < -0.3 is 14.3 Å². The third-order valence-corrected chi connectivity index (χ3v) is 2.38. The molecule has 0 N–H and O–H groups in total. The van der Waals surface area contributed by atoms with Crippen LogP contribution in [0.3, 0.4) is 0 Å². The van der Waals surface area contributed by atoms with E-state index in [4.69, 9.17) is 9.47 Å². The van der Waals surface area contributed by atoms with Crippen molar-refractivity contribution < 1.29 is 14.3 Å². The summed E-state index contributed by atoms with van der Waals surface area (Å²) in [5.41, 5.74) is -0.546. The Bertz CT molecular complexity index is 150. The van der Waals surface area contributed by atoms with Gasteiger partial charge in [0.05, 0.1) is 6.10 Å². The molecule has 0 aliphatic carbocycles. The Balaban J connectivity index is 2.49. The third-order valence-electron chi connectivity index (χ3n) is 2.38. The van der Waals surface area contributed by atoms with Gasteiger partial charge in [-0.3, -0.25) is 0 Å². The maximum absolute atomic E-state index is 10.8. The Hall–Kier alpha value is -0.410. The summed E-state index contributed by atoms with van der Waals surface area (Å²) in [6.07, 6.45) is 3.51. The van der Waals surface area contributed by atoms with Crippen molar-refractivity contribution in [1.82, 2.24) is 0 Å². The first-order chi connectivity index (χ1) is 5.72. The molecule has 0 aromatic carbocycles. The average molecular weight is 172 g/mol. The normalized spacial score (nSPS) is 31.8. The van der Waals surface area contributed by atoms with Crippen molar-refractivity contribution in [3.63, 3.8) is 0 Å². The first kappa shape index (κ1) is 9.68. The van der Waals surface area contributed by atoms with E-state index < -0.39 is 5.60 Å². The van der Waals surface area contributed by atoms with Crippen LogP contribution in [0.4, 0.5) is 0 Å². The molecular formula is C9H16O3. The summed E-state index contributed by atoms with van der Waals surface area (Å²) in [5.74, 6) is 0. The van der Waals surface area contributed by atoms with Gasteiger partial charge in [-0.2, -0.15) is 0 Å². The lowest BCUT2D eigenvalue weighted by molar-refractivity contribution is -0.129. The van der Waals surface area contributed by atoms with Gasteiger partial charge in [0, 0.05) is 20.1 Å². The van der Waals surface area contributed by atoms with Crippen molar-refractivity contribution in [2.24, 2.45) is 0 Å². The summed E-state index contributed by atoms with van der Waals surface area (Å²) in [4.78, 5) is 10.8. The first-order valence-corrected chi connectivity index (χ1v) is 4.35. The molecule has 0 aromatic heterocycles. The highest BCUT2D eigenvalue weighted by Crippen LogP contribution is 2.28. The number of hydrogen-bond acceptors (Lipinski definition) is 3. The van der Waals surface area contributed by atoms with E-state index in [9.17, 15) is 4.79 Å². The third kappa shape index (κ3) is 2.05. The highest BCUT2D eigenvalue weighted by molar-refractivity contribution is 5.63. The van der Waals surface area contributed by atoms with Crippen LogP contribution in [0.2, 0.25) is 0 Å². The standard InChI is InChI=1S/C9H16O3/c1-8(11-2)6-9(7-10)4-3-5-12-9/h7-8H,3-6H2,1-2H3. The Labute approximate surface area is 73.0 Å². The van der Waals surface area contributed by atoms with E-state index in [1.807, 2.05) is 6.92 Å². The number of rotatable bonds is 4. The Morgan fingerprint density at radius 3 is 2.92 bits per heavy atom. The van der Waals surface area contributed by atoms with Gasteiger partial charge in [-0.1, -0.05) is 0 Å². The van der Waals surface area contributed by atoms with Crippen LogP contribution in [0.15, 0.2) is 0 Å². The molecule has 1 rings (SSSR count). The van der Waals surface area contributed by atoms with Gasteiger partial charge in [0.1, 0.15) is 5.60 Å². The van der Waals surface area contributed by atoms with Gasteiger partial charge >= 0.3 is 0 Å². The molecule has 0 amide bonds. The quantitative estimate of drug-likeness (QED) is 0.597. The summed E-state index contributed by atoms with van der Waals surface area (Å²) in [7, 11) is 1.65. The second kappa shape index (κ2) is 4.01. The van der Waals surface area contributed by atoms with Crippen molar-refractivity contribution in [3.8, 4) is 0 Å². The molecule has 0 bridgehead atoms. The minimum atomic E-state index is -0.546. The fourth-order valence-electron chi connectivity index (χ4n) is 1.59. The number of carbonyl (C=O) groups excluding carboxylic acids is 1. The van der Waals surface area contributed by atoms with Gasteiger partial charge in [0.2, 0.25) is 0 Å². The summed E-state index contributed by atoms with van der Waals surface area (Å²) < 4.78 is 10.5. The second-order valence-electron chi connectivity index (χ2n) is 3.39. The smallest absolute Gasteiger partial charge is 0.151 e. The monoisotopic (exact) mass is 172 g/mol. The van der Waals surface area contributed by atoms with Crippen molar-refractivity contribution in [3.05, 3.63) is 0 Å². The molecule has 0 saturated carbocycles. The molecule has 2 atom stereocenters. The minimum Gasteiger partial charge on any atom is -0.382 e. The molecule has 12 heavy (non-hydrogen) atoms. The molecule has 3 heteroatoms. The molecule has 1 saturated heterocycles. The maximum atomic E-state index is 10.8. The van der Waals surface area contributed by atoms with Crippen LogP contribution in [0.25, 0.3) is 0 Å². The van der Waals surface area contributed by atoms with Crippen LogP contribution in [0.1, 0.15) is 26.2 Å². The van der Waals surface area contributed by atoms with Gasteiger partial charge in [-0.25, -0.2) is 0 Å². The van der Waals surface area contributed by atoms with Crippen LogP contribution >= 0.6 is 0 Å². The average Bonchev–Trinajstić information content (AvgIpc) is 2.54. The van der Waals surface area contributed by atoms with Gasteiger partial charge in [0.15, 0.2) is 6.29 Å².